The van der Waals surface area contributed by atoms with Crippen LogP contribution >= 0.6 is 0 Å². The highest BCUT2D eigenvalue weighted by molar-refractivity contribution is 5.93. The van der Waals surface area contributed by atoms with Gasteiger partial charge >= 0.3 is 0 Å². The first kappa shape index (κ1) is 10.6. The van der Waals surface area contributed by atoms with Crippen LogP contribution in [0.15, 0.2) is 24.5 Å². The van der Waals surface area contributed by atoms with Gasteiger partial charge in [-0.15, -0.1) is 0 Å². The molecule has 0 saturated heterocycles. The fourth-order valence-corrected chi connectivity index (χ4v) is 0.908. The molecule has 14 heavy (non-hydrogen) atoms. The molecule has 1 N–H and O–H groups in total. The zero-order valence-electron chi connectivity index (χ0n) is 8.06. The number of aromatic nitrogens is 1. The Bertz CT molecular complexity index is 285. The topological polar surface area (TPSA) is 60.5 Å². The van der Waals surface area contributed by atoms with Crippen LogP contribution in [0, 0.1) is 0 Å². The van der Waals surface area contributed by atoms with Gasteiger partial charge in [0.2, 0.25) is 6.41 Å². The zero-order chi connectivity index (χ0) is 10.4. The summed E-state index contributed by atoms with van der Waals surface area (Å²) in [5.41, 5.74) is 0.513. The predicted octanol–water partition coefficient (Wildman–Crippen LogP) is 0.388. The predicted molar refractivity (Wildman–Crippen MR) is 49.5 cm³/mol. The summed E-state index contributed by atoms with van der Waals surface area (Å²) in [5, 5.41) is 2.52. The minimum absolute atomic E-state index is 0.263. The first-order chi connectivity index (χ1) is 6.77. The van der Waals surface area contributed by atoms with E-state index in [1.54, 1.807) is 24.5 Å². The van der Waals surface area contributed by atoms with E-state index in [0.717, 1.165) is 0 Å². The monoisotopic (exact) mass is 196 g/mol. The van der Waals surface area contributed by atoms with E-state index in [9.17, 15) is 4.79 Å². The molecule has 0 bridgehead atoms. The molecule has 0 unspecified atom stereocenters. The van der Waals surface area contributed by atoms with Gasteiger partial charge in [0.25, 0.3) is 5.91 Å². The van der Waals surface area contributed by atoms with Crippen molar-refractivity contribution in [2.75, 3.05) is 14.2 Å². The van der Waals surface area contributed by atoms with Crippen LogP contribution in [0.5, 0.6) is 0 Å². The molecule has 0 spiro atoms. The smallest absolute Gasteiger partial charge is 0.255 e. The molecular weight excluding hydrogens is 184 g/mol. The van der Waals surface area contributed by atoms with Gasteiger partial charge in [-0.2, -0.15) is 0 Å². The van der Waals surface area contributed by atoms with E-state index in [1.807, 2.05) is 0 Å². The van der Waals surface area contributed by atoms with E-state index in [-0.39, 0.29) is 5.91 Å². The van der Waals surface area contributed by atoms with Crippen LogP contribution in [0.25, 0.3) is 0 Å². The van der Waals surface area contributed by atoms with E-state index in [1.165, 1.54) is 14.2 Å². The summed E-state index contributed by atoms with van der Waals surface area (Å²) >= 11 is 0. The third kappa shape index (κ3) is 2.79. The molecule has 1 aromatic heterocycles. The molecule has 1 rings (SSSR count). The van der Waals surface area contributed by atoms with Crippen molar-refractivity contribution in [1.29, 1.82) is 0 Å². The van der Waals surface area contributed by atoms with Crippen molar-refractivity contribution in [2.45, 2.75) is 6.41 Å². The number of nitrogens with zero attached hydrogens (tertiary/aromatic N) is 1. The van der Waals surface area contributed by atoms with Gasteiger partial charge in [0.05, 0.1) is 0 Å². The fraction of sp³-hybridized carbons (Fsp3) is 0.333. The molecular formula is C9H12N2O3. The molecule has 0 aromatic carbocycles. The maximum Gasteiger partial charge on any atom is 0.255 e. The van der Waals surface area contributed by atoms with E-state index in [4.69, 9.17) is 9.47 Å². The molecule has 1 amide bonds. The summed E-state index contributed by atoms with van der Waals surface area (Å²) in [6.07, 6.45) is 2.36. The van der Waals surface area contributed by atoms with Gasteiger partial charge in [-0.25, -0.2) is 0 Å². The van der Waals surface area contributed by atoms with Crippen molar-refractivity contribution in [3.63, 3.8) is 0 Å². The normalized spacial score (nSPS) is 10.2. The molecule has 0 fully saturated rings. The number of hydrogen-bond acceptors (Lipinski definition) is 4. The highest BCUT2D eigenvalue weighted by Gasteiger charge is 2.10. The Hall–Kier alpha value is -1.46. The molecule has 5 heteroatoms. The van der Waals surface area contributed by atoms with Crippen LogP contribution in [0.4, 0.5) is 0 Å². The highest BCUT2D eigenvalue weighted by Crippen LogP contribution is 1.97. The second kappa shape index (κ2) is 5.31. The Morgan fingerprint density at radius 1 is 1.36 bits per heavy atom. The average molecular weight is 196 g/mol. The Labute approximate surface area is 82.0 Å². The van der Waals surface area contributed by atoms with Gasteiger partial charge in [0.15, 0.2) is 0 Å². The van der Waals surface area contributed by atoms with Gasteiger partial charge in [0.1, 0.15) is 0 Å². The van der Waals surface area contributed by atoms with Crippen molar-refractivity contribution >= 4 is 5.91 Å². The second-order valence-electron chi connectivity index (χ2n) is 2.51. The van der Waals surface area contributed by atoms with Crippen LogP contribution in [0.1, 0.15) is 10.4 Å². The van der Waals surface area contributed by atoms with Crippen LogP contribution in [0.3, 0.4) is 0 Å². The lowest BCUT2D eigenvalue weighted by Gasteiger charge is -2.14. The van der Waals surface area contributed by atoms with Crippen molar-refractivity contribution < 1.29 is 14.3 Å². The van der Waals surface area contributed by atoms with E-state index < -0.39 is 6.41 Å². The van der Waals surface area contributed by atoms with E-state index in [2.05, 4.69) is 10.3 Å². The van der Waals surface area contributed by atoms with Gasteiger partial charge in [-0.1, -0.05) is 0 Å². The van der Waals surface area contributed by atoms with Gasteiger partial charge in [-0.05, 0) is 12.1 Å². The number of carbonyl (C=O) groups is 1. The highest BCUT2D eigenvalue weighted by atomic mass is 16.7. The number of pyridine rings is 1. The summed E-state index contributed by atoms with van der Waals surface area (Å²) in [7, 11) is 2.89. The summed E-state index contributed by atoms with van der Waals surface area (Å²) < 4.78 is 9.64. The molecule has 0 aliphatic heterocycles. The van der Waals surface area contributed by atoms with Crippen LogP contribution in [-0.4, -0.2) is 31.5 Å². The molecule has 1 heterocycles. The molecule has 0 aliphatic carbocycles. The number of carbonyl (C=O) groups excluding carboxylic acids is 1. The van der Waals surface area contributed by atoms with E-state index in [0.29, 0.717) is 5.56 Å². The van der Waals surface area contributed by atoms with Crippen molar-refractivity contribution in [3.05, 3.63) is 30.1 Å². The third-order valence-corrected chi connectivity index (χ3v) is 1.62. The van der Waals surface area contributed by atoms with Crippen LogP contribution in [-0.2, 0) is 9.47 Å². The molecule has 0 radical (unpaired) electrons. The van der Waals surface area contributed by atoms with Crippen molar-refractivity contribution in [3.8, 4) is 0 Å². The molecule has 76 valence electrons. The molecule has 5 nitrogen and oxygen atoms in total. The van der Waals surface area contributed by atoms with Gasteiger partial charge in [-0.3, -0.25) is 9.78 Å². The summed E-state index contributed by atoms with van der Waals surface area (Å²) in [6, 6.07) is 3.22. The Morgan fingerprint density at radius 2 is 1.93 bits per heavy atom. The quantitative estimate of drug-likeness (QED) is 0.707. The maximum atomic E-state index is 11.5. The minimum Gasteiger partial charge on any atom is -0.339 e. The SMILES string of the molecule is COC(NC(=O)c1ccncc1)OC. The minimum atomic E-state index is -0.726. The number of rotatable bonds is 4. The van der Waals surface area contributed by atoms with Gasteiger partial charge in [0, 0.05) is 32.2 Å². The van der Waals surface area contributed by atoms with Crippen molar-refractivity contribution in [1.82, 2.24) is 10.3 Å². The number of nitrogens with one attached hydrogen (secondary N) is 1. The average Bonchev–Trinajstić information content (AvgIpc) is 2.26. The lowest BCUT2D eigenvalue weighted by Crippen LogP contribution is -2.37. The largest absolute Gasteiger partial charge is 0.339 e. The van der Waals surface area contributed by atoms with Gasteiger partial charge < -0.3 is 14.8 Å². The molecule has 0 atom stereocenters. The Kier molecular flexibility index (Phi) is 4.03. The van der Waals surface area contributed by atoms with Crippen LogP contribution < -0.4 is 5.32 Å². The first-order valence-electron chi connectivity index (χ1n) is 4.04. The lowest BCUT2D eigenvalue weighted by atomic mass is 10.2. The summed E-state index contributed by atoms with van der Waals surface area (Å²) in [4.78, 5) is 15.3. The molecule has 0 saturated carbocycles. The first-order valence-corrected chi connectivity index (χ1v) is 4.04. The summed E-state index contributed by atoms with van der Waals surface area (Å²) in [5.74, 6) is -0.263. The molecule has 0 aliphatic rings. The lowest BCUT2D eigenvalue weighted by molar-refractivity contribution is -0.115. The number of amides is 1. The number of ether oxygens (including phenoxy) is 2. The van der Waals surface area contributed by atoms with E-state index >= 15 is 0 Å². The number of methoxy groups -OCH3 is 2. The third-order valence-electron chi connectivity index (χ3n) is 1.62. The van der Waals surface area contributed by atoms with Crippen molar-refractivity contribution in [2.24, 2.45) is 0 Å². The maximum absolute atomic E-state index is 11.5. The zero-order valence-corrected chi connectivity index (χ0v) is 8.06. The summed E-state index contributed by atoms with van der Waals surface area (Å²) in [6.45, 7) is 0. The number of hydrogen-bond donors (Lipinski definition) is 1. The fourth-order valence-electron chi connectivity index (χ4n) is 0.908. The Morgan fingerprint density at radius 3 is 2.43 bits per heavy atom. The Balaban J connectivity index is 2.59. The standard InChI is InChI=1S/C9H12N2O3/c1-13-9(14-2)11-8(12)7-3-5-10-6-4-7/h3-6,9H,1-2H3,(H,11,12). The second-order valence-corrected chi connectivity index (χ2v) is 2.51. The van der Waals surface area contributed by atoms with Crippen LogP contribution in [0.2, 0.25) is 0 Å². The molecule has 1 aromatic rings.